The average molecular weight is 1390 g/mol. The number of methoxy groups -OCH3 is 4. The van der Waals surface area contributed by atoms with Crippen molar-refractivity contribution >= 4 is 98.3 Å². The first-order chi connectivity index (χ1) is 39.4. The highest BCUT2D eigenvalue weighted by atomic mass is 79.9. The number of carbonyl (C=O) groups is 6. The number of aromatic carboxylic acids is 1. The molecule has 6 aromatic rings. The van der Waals surface area contributed by atoms with Gasteiger partial charge in [-0.3, -0.25) is 24.4 Å². The molecule has 4 aromatic carbocycles. The van der Waals surface area contributed by atoms with Crippen molar-refractivity contribution in [2.24, 2.45) is 0 Å². The molecule has 0 amide bonds. The molecule has 22 heteroatoms. The van der Waals surface area contributed by atoms with Crippen LogP contribution in [0, 0.1) is 0 Å². The number of hydrogen-bond donors (Lipinski definition) is 2. The first-order valence-corrected chi connectivity index (χ1v) is 28.1. The topological polar surface area (TPSA) is 242 Å². The number of rotatable bonds is 22. The summed E-state index contributed by atoms with van der Waals surface area (Å²) >= 11 is 11.7. The van der Waals surface area contributed by atoms with E-state index in [0.717, 1.165) is 41.5 Å². The van der Waals surface area contributed by atoms with Crippen LogP contribution < -0.4 is 33.2 Å². The number of phenolic OH excluding ortho intramolecular Hbond substituents is 1. The maximum Gasteiger partial charge on any atom is 0.349 e. The van der Waals surface area contributed by atoms with Gasteiger partial charge in [0.2, 0.25) is 4.69 Å². The Morgan fingerprint density at radius 2 is 0.829 bits per heavy atom. The molecule has 2 heterocycles. The minimum atomic E-state index is -0.942. The maximum absolute atomic E-state index is 11.8. The van der Waals surface area contributed by atoms with Crippen LogP contribution in [0.25, 0.3) is 0 Å². The molecule has 2 aromatic heterocycles. The SMILES string of the molecule is C=CCc1ccc(O)c(OC)c1.C=CCc1ccc(OC(=O)CBr)c(OC)c1.C=CCc1ccc(OC(=O)CBr)c(OC)c1.C=CCc1ccc(OC(=O)COC(=O)c2cccnc2)c(OC)c1.O=C(Br)CBr.O=C(O)c1cccnc1. The molecule has 82 heavy (non-hydrogen) atoms. The van der Waals surface area contributed by atoms with Gasteiger partial charge in [0.1, 0.15) is 10.7 Å². The number of carboxylic acids is 1. The van der Waals surface area contributed by atoms with Gasteiger partial charge in [-0.05, 0) is 137 Å². The number of aromatic nitrogens is 2. The molecular formula is C60H62Br4N2O16. The van der Waals surface area contributed by atoms with Gasteiger partial charge in [0, 0.05) is 24.8 Å². The van der Waals surface area contributed by atoms with Crippen LogP contribution in [0.1, 0.15) is 43.0 Å². The van der Waals surface area contributed by atoms with Crippen LogP contribution in [-0.2, 0) is 49.6 Å². The third-order valence-corrected chi connectivity index (χ3v) is 12.0. The molecule has 0 fully saturated rings. The molecule has 0 radical (unpaired) electrons. The third-order valence-electron chi connectivity index (χ3n) is 9.57. The number of carbonyl (C=O) groups excluding carboxylic acids is 5. The predicted molar refractivity (Wildman–Crippen MR) is 327 cm³/mol. The molecule has 0 aliphatic rings. The van der Waals surface area contributed by atoms with Gasteiger partial charge < -0.3 is 48.1 Å². The van der Waals surface area contributed by atoms with E-state index in [-0.39, 0.29) is 49.9 Å². The second-order valence-electron chi connectivity index (χ2n) is 15.5. The monoisotopic (exact) mass is 1380 g/mol. The van der Waals surface area contributed by atoms with Crippen LogP contribution in [0.15, 0.2) is 172 Å². The molecule has 0 aliphatic heterocycles. The van der Waals surface area contributed by atoms with Gasteiger partial charge in [0.15, 0.2) is 52.6 Å². The van der Waals surface area contributed by atoms with Crippen LogP contribution in [0.4, 0.5) is 0 Å². The summed E-state index contributed by atoms with van der Waals surface area (Å²) in [6.07, 6.45) is 15.9. The van der Waals surface area contributed by atoms with Gasteiger partial charge in [0.05, 0.1) is 44.9 Å². The molecule has 0 unspecified atom stereocenters. The van der Waals surface area contributed by atoms with Crippen molar-refractivity contribution in [1.29, 1.82) is 0 Å². The average Bonchev–Trinajstić information content (AvgIpc) is 3.53. The highest BCUT2D eigenvalue weighted by molar-refractivity contribution is 9.19. The molecule has 2 N–H and O–H groups in total. The number of phenols is 1. The van der Waals surface area contributed by atoms with E-state index in [9.17, 15) is 33.9 Å². The van der Waals surface area contributed by atoms with Gasteiger partial charge in [0.25, 0.3) is 0 Å². The van der Waals surface area contributed by atoms with Crippen molar-refractivity contribution in [2.75, 3.05) is 51.0 Å². The van der Waals surface area contributed by atoms with Gasteiger partial charge in [-0.2, -0.15) is 0 Å². The zero-order valence-corrected chi connectivity index (χ0v) is 51.7. The van der Waals surface area contributed by atoms with Gasteiger partial charge >= 0.3 is 29.8 Å². The van der Waals surface area contributed by atoms with E-state index in [1.54, 1.807) is 93.1 Å². The Bertz CT molecular complexity index is 2920. The maximum atomic E-state index is 11.8. The molecular weight excluding hydrogens is 1320 g/mol. The summed E-state index contributed by atoms with van der Waals surface area (Å²) in [4.78, 5) is 73.1. The summed E-state index contributed by atoms with van der Waals surface area (Å²) in [5, 5.41) is 18.3. The fourth-order valence-corrected chi connectivity index (χ4v) is 6.15. The fraction of sp³-hybridized carbons (Fsp3) is 0.200. The molecule has 6 rings (SSSR count). The minimum Gasteiger partial charge on any atom is -0.504 e. The van der Waals surface area contributed by atoms with E-state index in [1.165, 1.54) is 45.1 Å². The Kier molecular flexibility index (Phi) is 37.7. The standard InChI is InChI=1S/C18H17NO5.2C12H13BrO3.C10H12O2.C6H5NO2.C2H2Br2O/c1-3-5-13-7-8-15(16(10-13)22-2)24-17(20)12-23-18(21)14-6-4-9-19-11-14;2*1-3-4-9-5-6-10(11(7-9)15-2)16-12(14)8-13;1-3-4-8-5-6-9(11)10(7-8)12-2;8-6(9)5-2-1-3-7-4-5;3-1-2(4)5/h3-4,6-11H,1,5,12H2,2H3;2*3,5-7H,1,4,8H2,2H3;3,5-7,11H,1,4H2,2H3;1-4H,(H,8,9);1H2. The molecule has 0 bridgehead atoms. The highest BCUT2D eigenvalue weighted by Gasteiger charge is 2.15. The van der Waals surface area contributed by atoms with Crippen molar-refractivity contribution in [3.05, 3.63) is 206 Å². The lowest BCUT2D eigenvalue weighted by molar-refractivity contribution is -0.138. The van der Waals surface area contributed by atoms with E-state index >= 15 is 0 Å². The van der Waals surface area contributed by atoms with Crippen LogP contribution >= 0.6 is 63.7 Å². The molecule has 18 nitrogen and oxygen atoms in total. The molecule has 436 valence electrons. The lowest BCUT2D eigenvalue weighted by atomic mass is 10.1. The zero-order chi connectivity index (χ0) is 61.2. The summed E-state index contributed by atoms with van der Waals surface area (Å²) in [7, 11) is 6.09. The summed E-state index contributed by atoms with van der Waals surface area (Å²) in [6, 6.07) is 27.5. The fourth-order valence-electron chi connectivity index (χ4n) is 5.92. The smallest absolute Gasteiger partial charge is 0.349 e. The number of carboxylic acid groups (broad SMARTS) is 1. The lowest BCUT2D eigenvalue weighted by Crippen LogP contribution is -2.19. The largest absolute Gasteiger partial charge is 0.504 e. The summed E-state index contributed by atoms with van der Waals surface area (Å²) in [5.74, 6) is 0.318. The number of esters is 4. The van der Waals surface area contributed by atoms with Crippen molar-refractivity contribution in [3.63, 3.8) is 0 Å². The summed E-state index contributed by atoms with van der Waals surface area (Å²) in [6.45, 7) is 14.1. The number of ether oxygens (including phenoxy) is 8. The first kappa shape index (κ1) is 72.1. The lowest BCUT2D eigenvalue weighted by Gasteiger charge is -2.10. The number of hydrogen-bond acceptors (Lipinski definition) is 17. The van der Waals surface area contributed by atoms with Crippen LogP contribution in [-0.4, -0.2) is 106 Å². The minimum absolute atomic E-state index is 0.0162. The molecule has 0 saturated carbocycles. The number of benzene rings is 4. The van der Waals surface area contributed by atoms with E-state index in [2.05, 4.69) is 100 Å². The van der Waals surface area contributed by atoms with Gasteiger partial charge in [-0.25, -0.2) is 14.4 Å². The summed E-state index contributed by atoms with van der Waals surface area (Å²) < 4.78 is 40.7. The second-order valence-corrected chi connectivity index (χ2v) is 18.0. The van der Waals surface area contributed by atoms with Crippen LogP contribution in [0.3, 0.4) is 0 Å². The van der Waals surface area contributed by atoms with E-state index in [0.29, 0.717) is 46.2 Å². The van der Waals surface area contributed by atoms with Crippen LogP contribution in [0.5, 0.6) is 46.0 Å². The molecule has 0 aliphatic carbocycles. The Labute approximate surface area is 510 Å². The van der Waals surface area contributed by atoms with Crippen molar-refractivity contribution in [3.8, 4) is 46.0 Å². The number of pyridine rings is 2. The Morgan fingerprint density at radius 1 is 0.488 bits per heavy atom. The predicted octanol–water partition coefficient (Wildman–Crippen LogP) is 12.2. The zero-order valence-electron chi connectivity index (χ0n) is 45.4. The third kappa shape index (κ3) is 29.5. The number of halogens is 4. The number of aromatic hydroxyl groups is 1. The Hall–Kier alpha value is -7.92. The van der Waals surface area contributed by atoms with E-state index < -0.39 is 24.5 Å². The molecule has 0 saturated heterocycles. The van der Waals surface area contributed by atoms with Gasteiger partial charge in [-0.15, -0.1) is 26.3 Å². The second kappa shape index (κ2) is 42.9. The number of allylic oxidation sites excluding steroid dienone is 4. The van der Waals surface area contributed by atoms with E-state index in [4.69, 9.17) is 43.0 Å². The number of alkyl halides is 3. The molecule has 0 spiro atoms. The first-order valence-electron chi connectivity index (χ1n) is 23.9. The normalized spacial score (nSPS) is 9.46. The van der Waals surface area contributed by atoms with Gasteiger partial charge in [-0.1, -0.05) is 96.4 Å². The van der Waals surface area contributed by atoms with E-state index in [1.807, 2.05) is 36.4 Å². The van der Waals surface area contributed by atoms with Crippen molar-refractivity contribution in [2.45, 2.75) is 25.7 Å². The Balaban J connectivity index is 0.000000518. The molecule has 0 atom stereocenters. The Morgan fingerprint density at radius 3 is 1.12 bits per heavy atom. The van der Waals surface area contributed by atoms with Crippen molar-refractivity contribution < 1.29 is 76.9 Å². The van der Waals surface area contributed by atoms with Crippen LogP contribution in [0.2, 0.25) is 0 Å². The highest BCUT2D eigenvalue weighted by Crippen LogP contribution is 2.31. The quantitative estimate of drug-likeness (QED) is 0.0211. The summed E-state index contributed by atoms with van der Waals surface area (Å²) in [5.41, 5.74) is 4.66. The van der Waals surface area contributed by atoms with Crippen molar-refractivity contribution in [1.82, 2.24) is 9.97 Å². The number of nitrogens with zero attached hydrogens (tertiary/aromatic N) is 2.